The minimum absolute atomic E-state index is 0.0509. The molecule has 146 valence electrons. The Morgan fingerprint density at radius 2 is 1.33 bits per heavy atom. The number of nitrogens with zero attached hydrogens (tertiary/aromatic N) is 2. The smallest absolute Gasteiger partial charge is 0.152 e. The zero-order chi connectivity index (χ0) is 19.7. The number of methoxy groups -OCH3 is 1. The zero-order valence-electron chi connectivity index (χ0n) is 17.8. The van der Waals surface area contributed by atoms with Gasteiger partial charge in [-0.25, -0.2) is 0 Å². The van der Waals surface area contributed by atoms with Crippen molar-refractivity contribution in [2.24, 2.45) is 0 Å². The maximum Gasteiger partial charge on any atom is 0.152 e. The molecule has 0 aromatic rings. The van der Waals surface area contributed by atoms with Crippen molar-refractivity contribution in [3.05, 3.63) is 0 Å². The molecule has 0 unspecified atom stereocenters. The number of Topliss-reactive ketones (excluding diaryl/α,β-unsaturated/α-hetero) is 2. The van der Waals surface area contributed by atoms with Crippen molar-refractivity contribution in [2.45, 2.75) is 73.4 Å². The van der Waals surface area contributed by atoms with E-state index in [9.17, 15) is 9.59 Å². The number of rotatable bonds is 10. The van der Waals surface area contributed by atoms with Crippen LogP contribution in [0.4, 0.5) is 0 Å². The minimum atomic E-state index is -0.0509. The van der Waals surface area contributed by atoms with Crippen LogP contribution in [0.5, 0.6) is 0 Å². The summed E-state index contributed by atoms with van der Waals surface area (Å²) >= 11 is 0. The standard InChI is InChI=1S/C10H21NO2.C7H15NO.C2H6/c1-5-10(12)9(8-13-4)11(6-2)7-3;1-5-7(9)6(2)8(3)4;1-2/h9H,5-8H2,1-4H3;6H,5H2,1-4H3;1-2H3/t9-;6-;/m11./s1. The SMILES string of the molecule is CC.CCC(=O)[C@@H](C)N(C)C.CCC(=O)[C@@H](COC)N(CC)CC. The van der Waals surface area contributed by atoms with Gasteiger partial charge in [0.2, 0.25) is 0 Å². The largest absolute Gasteiger partial charge is 0.383 e. The number of hydrogen-bond acceptors (Lipinski definition) is 5. The van der Waals surface area contributed by atoms with Crippen molar-refractivity contribution < 1.29 is 14.3 Å². The molecule has 0 saturated carbocycles. The fourth-order valence-corrected chi connectivity index (χ4v) is 2.04. The Kier molecular flexibility index (Phi) is 21.7. The Balaban J connectivity index is -0.000000351. The summed E-state index contributed by atoms with van der Waals surface area (Å²) in [4.78, 5) is 26.5. The highest BCUT2D eigenvalue weighted by molar-refractivity contribution is 5.84. The summed E-state index contributed by atoms with van der Waals surface area (Å²) in [7, 11) is 5.47. The lowest BCUT2D eigenvalue weighted by molar-refractivity contribution is -0.125. The topological polar surface area (TPSA) is 49.9 Å². The van der Waals surface area contributed by atoms with Crippen molar-refractivity contribution in [3.8, 4) is 0 Å². The third kappa shape index (κ3) is 12.6. The summed E-state index contributed by atoms with van der Waals surface area (Å²) in [5.74, 6) is 0.575. The molecule has 0 aliphatic carbocycles. The van der Waals surface area contributed by atoms with Crippen LogP contribution in [0.3, 0.4) is 0 Å². The van der Waals surface area contributed by atoms with Gasteiger partial charge in [-0.3, -0.25) is 19.4 Å². The molecule has 0 radical (unpaired) electrons. The molecule has 0 fully saturated rings. The molecule has 0 aliphatic rings. The third-order valence-electron chi connectivity index (χ3n) is 3.89. The molecule has 5 nitrogen and oxygen atoms in total. The molecule has 2 atom stereocenters. The van der Waals surface area contributed by atoms with E-state index in [0.29, 0.717) is 25.2 Å². The van der Waals surface area contributed by atoms with E-state index in [1.165, 1.54) is 0 Å². The number of likely N-dealkylation sites (N-methyl/N-ethyl adjacent to an activating group) is 2. The van der Waals surface area contributed by atoms with Gasteiger partial charge < -0.3 is 4.74 Å². The predicted molar refractivity (Wildman–Crippen MR) is 104 cm³/mol. The molecule has 0 aromatic heterocycles. The van der Waals surface area contributed by atoms with Crippen LogP contribution < -0.4 is 0 Å². The fraction of sp³-hybridized carbons (Fsp3) is 0.895. The molecular formula is C19H42N2O3. The average Bonchev–Trinajstić information content (AvgIpc) is 2.61. The van der Waals surface area contributed by atoms with Crippen molar-refractivity contribution in [1.29, 1.82) is 0 Å². The summed E-state index contributed by atoms with van der Waals surface area (Å²) in [6.07, 6.45) is 1.23. The van der Waals surface area contributed by atoms with E-state index in [0.717, 1.165) is 13.1 Å². The average molecular weight is 347 g/mol. The number of hydrogen-bond donors (Lipinski definition) is 0. The van der Waals surface area contributed by atoms with Crippen LogP contribution in [0.15, 0.2) is 0 Å². The summed E-state index contributed by atoms with van der Waals surface area (Å²) < 4.78 is 5.05. The van der Waals surface area contributed by atoms with Crippen molar-refractivity contribution in [1.82, 2.24) is 9.80 Å². The van der Waals surface area contributed by atoms with E-state index in [2.05, 4.69) is 18.7 Å². The van der Waals surface area contributed by atoms with Crippen LogP contribution in [0.1, 0.15) is 61.3 Å². The lowest BCUT2D eigenvalue weighted by Crippen LogP contribution is -2.43. The third-order valence-corrected chi connectivity index (χ3v) is 3.89. The molecule has 0 saturated heterocycles. The molecule has 0 bridgehead atoms. The van der Waals surface area contributed by atoms with Crippen LogP contribution in [-0.2, 0) is 14.3 Å². The monoisotopic (exact) mass is 346 g/mol. The second kappa shape index (κ2) is 18.6. The fourth-order valence-electron chi connectivity index (χ4n) is 2.04. The Bertz CT molecular complexity index is 303. The Morgan fingerprint density at radius 1 is 0.917 bits per heavy atom. The molecule has 0 N–H and O–H groups in total. The molecule has 0 amide bonds. The highest BCUT2D eigenvalue weighted by atomic mass is 16.5. The first kappa shape index (κ1) is 28.0. The first-order chi connectivity index (χ1) is 11.3. The second-order valence-electron chi connectivity index (χ2n) is 5.47. The van der Waals surface area contributed by atoms with Crippen molar-refractivity contribution in [2.75, 3.05) is 40.9 Å². The Hall–Kier alpha value is -0.780. The highest BCUT2D eigenvalue weighted by Gasteiger charge is 2.21. The van der Waals surface area contributed by atoms with E-state index in [-0.39, 0.29) is 17.9 Å². The van der Waals surface area contributed by atoms with E-state index < -0.39 is 0 Å². The van der Waals surface area contributed by atoms with Gasteiger partial charge in [0.15, 0.2) is 5.78 Å². The van der Waals surface area contributed by atoms with Gasteiger partial charge >= 0.3 is 0 Å². The van der Waals surface area contributed by atoms with Gasteiger partial charge in [0.1, 0.15) is 5.78 Å². The van der Waals surface area contributed by atoms with Crippen molar-refractivity contribution in [3.63, 3.8) is 0 Å². The Morgan fingerprint density at radius 3 is 1.54 bits per heavy atom. The molecule has 0 rings (SSSR count). The molecule has 0 spiro atoms. The van der Waals surface area contributed by atoms with E-state index in [1.807, 2.05) is 53.6 Å². The van der Waals surface area contributed by atoms with Gasteiger partial charge in [0.05, 0.1) is 18.7 Å². The highest BCUT2D eigenvalue weighted by Crippen LogP contribution is 2.03. The molecule has 5 heteroatoms. The summed E-state index contributed by atoms with van der Waals surface area (Å²) in [5, 5.41) is 0. The van der Waals surface area contributed by atoms with Gasteiger partial charge in [-0.1, -0.05) is 41.5 Å². The summed E-state index contributed by atoms with van der Waals surface area (Å²) in [6.45, 7) is 16.1. The molecule has 0 heterocycles. The first-order valence-corrected chi connectivity index (χ1v) is 9.25. The predicted octanol–water partition coefficient (Wildman–Crippen LogP) is 3.26. The molecule has 24 heavy (non-hydrogen) atoms. The first-order valence-electron chi connectivity index (χ1n) is 9.25. The van der Waals surface area contributed by atoms with Gasteiger partial charge in [-0.2, -0.15) is 0 Å². The van der Waals surface area contributed by atoms with Gasteiger partial charge in [0, 0.05) is 20.0 Å². The second-order valence-corrected chi connectivity index (χ2v) is 5.47. The van der Waals surface area contributed by atoms with Crippen LogP contribution in [-0.4, -0.2) is 74.4 Å². The molecular weight excluding hydrogens is 304 g/mol. The lowest BCUT2D eigenvalue weighted by atomic mass is 10.1. The minimum Gasteiger partial charge on any atom is -0.383 e. The van der Waals surface area contributed by atoms with Crippen molar-refractivity contribution >= 4 is 11.6 Å². The van der Waals surface area contributed by atoms with Crippen LogP contribution in [0.2, 0.25) is 0 Å². The summed E-state index contributed by atoms with van der Waals surface area (Å²) in [6, 6.07) is 0.0278. The molecule has 0 aromatic carbocycles. The van der Waals surface area contributed by atoms with Crippen LogP contribution in [0.25, 0.3) is 0 Å². The van der Waals surface area contributed by atoms with Crippen LogP contribution in [0, 0.1) is 0 Å². The van der Waals surface area contributed by atoms with Gasteiger partial charge in [0.25, 0.3) is 0 Å². The van der Waals surface area contributed by atoms with E-state index in [4.69, 9.17) is 4.74 Å². The number of ether oxygens (including phenoxy) is 1. The number of carbonyl (C=O) groups excluding carboxylic acids is 2. The normalized spacial score (nSPS) is 12.7. The lowest BCUT2D eigenvalue weighted by Gasteiger charge is -2.27. The maximum absolute atomic E-state index is 11.5. The number of carbonyl (C=O) groups is 2. The van der Waals surface area contributed by atoms with Gasteiger partial charge in [-0.05, 0) is 34.1 Å². The van der Waals surface area contributed by atoms with E-state index >= 15 is 0 Å². The van der Waals surface area contributed by atoms with Crippen LogP contribution >= 0.6 is 0 Å². The number of ketones is 2. The Labute approximate surface area is 150 Å². The van der Waals surface area contributed by atoms with Gasteiger partial charge in [-0.15, -0.1) is 0 Å². The quantitative estimate of drug-likeness (QED) is 0.608. The summed E-state index contributed by atoms with van der Waals surface area (Å²) in [5.41, 5.74) is 0. The maximum atomic E-state index is 11.5. The molecule has 0 aliphatic heterocycles. The zero-order valence-corrected chi connectivity index (χ0v) is 17.8. The van der Waals surface area contributed by atoms with E-state index in [1.54, 1.807) is 7.11 Å².